The average Bonchev–Trinajstić information content (AvgIpc) is 3.32. The summed E-state index contributed by atoms with van der Waals surface area (Å²) in [5.74, 6) is 2.40. The molecular formula is C21H29N3O2. The smallest absolute Gasteiger partial charge is 0.191 e. The number of furan rings is 1. The first-order chi connectivity index (χ1) is 12.7. The number of hydrogen-bond acceptors (Lipinski definition) is 3. The SMILES string of the molecule is Cc1ccc(CN=C(NCCc2ccco2)NCC2CCOC2)c(C)c1. The summed E-state index contributed by atoms with van der Waals surface area (Å²) in [4.78, 5) is 4.79. The Balaban J connectivity index is 1.58. The number of nitrogens with zero attached hydrogens (tertiary/aromatic N) is 1. The van der Waals surface area contributed by atoms with Crippen molar-refractivity contribution in [2.24, 2.45) is 10.9 Å². The first kappa shape index (κ1) is 18.5. The predicted octanol–water partition coefficient (Wildman–Crippen LogP) is 3.21. The Bertz CT molecular complexity index is 704. The summed E-state index contributed by atoms with van der Waals surface area (Å²) in [6, 6.07) is 10.4. The van der Waals surface area contributed by atoms with Crippen molar-refractivity contribution in [3.63, 3.8) is 0 Å². The molecule has 0 bridgehead atoms. The number of rotatable bonds is 7. The largest absolute Gasteiger partial charge is 0.469 e. The van der Waals surface area contributed by atoms with Gasteiger partial charge in [-0.05, 0) is 43.5 Å². The van der Waals surface area contributed by atoms with Crippen LogP contribution in [0, 0.1) is 19.8 Å². The van der Waals surface area contributed by atoms with Gasteiger partial charge in [0.1, 0.15) is 5.76 Å². The molecule has 26 heavy (non-hydrogen) atoms. The molecular weight excluding hydrogens is 326 g/mol. The van der Waals surface area contributed by atoms with E-state index in [0.717, 1.165) is 50.9 Å². The van der Waals surface area contributed by atoms with Crippen LogP contribution in [0.4, 0.5) is 0 Å². The number of ether oxygens (including phenoxy) is 1. The van der Waals surface area contributed by atoms with Gasteiger partial charge in [0, 0.05) is 32.0 Å². The van der Waals surface area contributed by atoms with Crippen LogP contribution in [0.1, 0.15) is 28.9 Å². The molecule has 1 aromatic heterocycles. The number of hydrogen-bond donors (Lipinski definition) is 2. The lowest BCUT2D eigenvalue weighted by Gasteiger charge is -2.15. The number of benzene rings is 1. The summed E-state index contributed by atoms with van der Waals surface area (Å²) in [6.07, 6.45) is 3.66. The molecule has 2 heterocycles. The molecule has 140 valence electrons. The molecule has 1 saturated heterocycles. The summed E-state index contributed by atoms with van der Waals surface area (Å²) in [5, 5.41) is 6.89. The minimum Gasteiger partial charge on any atom is -0.469 e. The molecule has 5 nitrogen and oxygen atoms in total. The van der Waals surface area contributed by atoms with Crippen LogP contribution < -0.4 is 10.6 Å². The number of aliphatic imine (C=N–C) groups is 1. The third-order valence-corrected chi connectivity index (χ3v) is 4.73. The van der Waals surface area contributed by atoms with E-state index in [1.165, 1.54) is 16.7 Å². The summed E-state index contributed by atoms with van der Waals surface area (Å²) >= 11 is 0. The van der Waals surface area contributed by atoms with Gasteiger partial charge in [-0.2, -0.15) is 0 Å². The monoisotopic (exact) mass is 355 g/mol. The molecule has 0 radical (unpaired) electrons. The van der Waals surface area contributed by atoms with Gasteiger partial charge >= 0.3 is 0 Å². The summed E-state index contributed by atoms with van der Waals surface area (Å²) in [5.41, 5.74) is 3.83. The summed E-state index contributed by atoms with van der Waals surface area (Å²) < 4.78 is 10.9. The highest BCUT2D eigenvalue weighted by atomic mass is 16.5. The Morgan fingerprint density at radius 2 is 2.15 bits per heavy atom. The molecule has 0 spiro atoms. The van der Waals surface area contributed by atoms with Gasteiger partial charge in [0.25, 0.3) is 0 Å². The number of aryl methyl sites for hydroxylation is 2. The van der Waals surface area contributed by atoms with E-state index in [0.29, 0.717) is 12.5 Å². The highest BCUT2D eigenvalue weighted by molar-refractivity contribution is 5.79. The summed E-state index contributed by atoms with van der Waals surface area (Å²) in [7, 11) is 0. The van der Waals surface area contributed by atoms with Crippen LogP contribution in [0.15, 0.2) is 46.0 Å². The van der Waals surface area contributed by atoms with E-state index in [9.17, 15) is 0 Å². The van der Waals surface area contributed by atoms with E-state index >= 15 is 0 Å². The average molecular weight is 355 g/mol. The molecule has 2 N–H and O–H groups in total. The third-order valence-electron chi connectivity index (χ3n) is 4.73. The van der Waals surface area contributed by atoms with Gasteiger partial charge < -0.3 is 19.8 Å². The van der Waals surface area contributed by atoms with Crippen LogP contribution in [0.3, 0.4) is 0 Å². The van der Waals surface area contributed by atoms with Gasteiger partial charge in [-0.25, -0.2) is 4.99 Å². The second-order valence-corrected chi connectivity index (χ2v) is 6.96. The van der Waals surface area contributed by atoms with Gasteiger partial charge in [-0.1, -0.05) is 23.8 Å². The Labute approximate surface area is 155 Å². The molecule has 1 aliphatic heterocycles. The standard InChI is InChI=1S/C21H29N3O2/c1-16-5-6-19(17(2)12-16)14-24-21(23-13-18-8-11-25-15-18)22-9-7-20-4-3-10-26-20/h3-6,10,12,18H,7-9,11,13-15H2,1-2H3,(H2,22,23,24). The molecule has 2 aromatic rings. The molecule has 1 aliphatic rings. The first-order valence-corrected chi connectivity index (χ1v) is 9.39. The van der Waals surface area contributed by atoms with E-state index in [2.05, 4.69) is 42.7 Å². The fraction of sp³-hybridized carbons (Fsp3) is 0.476. The minimum absolute atomic E-state index is 0.563. The predicted molar refractivity (Wildman–Crippen MR) is 104 cm³/mol. The second-order valence-electron chi connectivity index (χ2n) is 6.96. The van der Waals surface area contributed by atoms with E-state index in [4.69, 9.17) is 14.1 Å². The van der Waals surface area contributed by atoms with Crippen molar-refractivity contribution in [2.45, 2.75) is 33.2 Å². The van der Waals surface area contributed by atoms with Crippen LogP contribution in [-0.2, 0) is 17.7 Å². The third kappa shape index (κ3) is 5.63. The quantitative estimate of drug-likeness (QED) is 0.591. The van der Waals surface area contributed by atoms with Gasteiger partial charge in [0.15, 0.2) is 5.96 Å². The van der Waals surface area contributed by atoms with Crippen LogP contribution in [0.25, 0.3) is 0 Å². The fourth-order valence-corrected chi connectivity index (χ4v) is 3.11. The Hall–Kier alpha value is -2.27. The molecule has 0 saturated carbocycles. The van der Waals surface area contributed by atoms with E-state index in [-0.39, 0.29) is 0 Å². The lowest BCUT2D eigenvalue weighted by Crippen LogP contribution is -2.40. The topological polar surface area (TPSA) is 58.8 Å². The highest BCUT2D eigenvalue weighted by Crippen LogP contribution is 2.12. The van der Waals surface area contributed by atoms with Crippen molar-refractivity contribution in [3.8, 4) is 0 Å². The van der Waals surface area contributed by atoms with Crippen molar-refractivity contribution in [1.29, 1.82) is 0 Å². The van der Waals surface area contributed by atoms with Gasteiger partial charge in [0.2, 0.25) is 0 Å². The zero-order valence-electron chi connectivity index (χ0n) is 15.8. The maximum absolute atomic E-state index is 5.46. The number of guanidine groups is 1. The minimum atomic E-state index is 0.563. The fourth-order valence-electron chi connectivity index (χ4n) is 3.11. The first-order valence-electron chi connectivity index (χ1n) is 9.39. The zero-order valence-corrected chi connectivity index (χ0v) is 15.8. The van der Waals surface area contributed by atoms with Gasteiger partial charge in [0.05, 0.1) is 19.4 Å². The molecule has 1 fully saturated rings. The molecule has 1 aromatic carbocycles. The van der Waals surface area contributed by atoms with Crippen LogP contribution in [0.2, 0.25) is 0 Å². The molecule has 5 heteroatoms. The molecule has 0 aliphatic carbocycles. The second kappa shape index (κ2) is 9.43. The van der Waals surface area contributed by atoms with E-state index in [1.807, 2.05) is 12.1 Å². The van der Waals surface area contributed by atoms with Crippen molar-refractivity contribution in [2.75, 3.05) is 26.3 Å². The van der Waals surface area contributed by atoms with Crippen LogP contribution in [0.5, 0.6) is 0 Å². The van der Waals surface area contributed by atoms with Crippen molar-refractivity contribution < 1.29 is 9.15 Å². The lowest BCUT2D eigenvalue weighted by atomic mass is 10.1. The van der Waals surface area contributed by atoms with Crippen molar-refractivity contribution >= 4 is 5.96 Å². The molecule has 3 rings (SSSR count). The molecule has 0 amide bonds. The van der Waals surface area contributed by atoms with E-state index in [1.54, 1.807) is 6.26 Å². The highest BCUT2D eigenvalue weighted by Gasteiger charge is 2.15. The van der Waals surface area contributed by atoms with Gasteiger partial charge in [-0.3, -0.25) is 0 Å². The number of nitrogens with one attached hydrogen (secondary N) is 2. The maximum Gasteiger partial charge on any atom is 0.191 e. The van der Waals surface area contributed by atoms with Crippen molar-refractivity contribution in [1.82, 2.24) is 10.6 Å². The molecule has 1 unspecified atom stereocenters. The van der Waals surface area contributed by atoms with Crippen LogP contribution in [-0.4, -0.2) is 32.3 Å². The maximum atomic E-state index is 5.46. The lowest BCUT2D eigenvalue weighted by molar-refractivity contribution is 0.186. The summed E-state index contributed by atoms with van der Waals surface area (Å²) in [6.45, 7) is 8.31. The van der Waals surface area contributed by atoms with E-state index < -0.39 is 0 Å². The molecule has 1 atom stereocenters. The zero-order chi connectivity index (χ0) is 18.2. The van der Waals surface area contributed by atoms with Crippen LogP contribution >= 0.6 is 0 Å². The Kier molecular flexibility index (Phi) is 6.72. The normalized spacial score (nSPS) is 17.5. The van der Waals surface area contributed by atoms with Crippen molar-refractivity contribution in [3.05, 3.63) is 59.0 Å². The Morgan fingerprint density at radius 1 is 1.23 bits per heavy atom. The van der Waals surface area contributed by atoms with Gasteiger partial charge in [-0.15, -0.1) is 0 Å². The Morgan fingerprint density at radius 3 is 2.88 bits per heavy atom.